The summed E-state index contributed by atoms with van der Waals surface area (Å²) >= 11 is 12.5. The van der Waals surface area contributed by atoms with Gasteiger partial charge < -0.3 is 14.0 Å². The number of hydrogen-bond acceptors (Lipinski definition) is 3. The van der Waals surface area contributed by atoms with E-state index in [-0.39, 0.29) is 45.6 Å². The van der Waals surface area contributed by atoms with Gasteiger partial charge in [-0.2, -0.15) is 0 Å². The van der Waals surface area contributed by atoms with Gasteiger partial charge in [-0.25, -0.2) is 0 Å². The molecule has 3 fully saturated rings. The standard InChI is InChI=1S/C26H42Cl2O3Si/c1-24(2,3)32(6,7)31-18-10-12-25(4,17(14-18)15-29)21-11-13-26(5)20(19(21)16-30)8-9-22(26)23(27)28/h15-21H,8-14H2,1-7H3/t17-,18+,19?,20?,21?,25+,26+/m1/s1. The van der Waals surface area contributed by atoms with Crippen LogP contribution in [-0.4, -0.2) is 27.0 Å². The number of carbonyl (C=O) groups is 2. The molecule has 0 spiro atoms. The van der Waals surface area contributed by atoms with E-state index in [2.05, 4.69) is 47.7 Å². The molecular formula is C26H42Cl2O3Si. The molecule has 3 aliphatic rings. The summed E-state index contributed by atoms with van der Waals surface area (Å²) in [4.78, 5) is 24.9. The lowest BCUT2D eigenvalue weighted by Crippen LogP contribution is -2.53. The van der Waals surface area contributed by atoms with Crippen LogP contribution in [0, 0.1) is 34.5 Å². The molecule has 0 heterocycles. The van der Waals surface area contributed by atoms with Crippen molar-refractivity contribution in [3.8, 4) is 0 Å². The SMILES string of the molecule is CC(C)(C)[Si](C)(C)O[C@H]1CC[C@](C)(C2CC[C@]3(C)C(=C(Cl)Cl)CCC3C2C=O)[C@@H](C=O)C1. The molecule has 0 bridgehead atoms. The van der Waals surface area contributed by atoms with Crippen LogP contribution in [0.3, 0.4) is 0 Å². The van der Waals surface area contributed by atoms with Crippen molar-refractivity contribution >= 4 is 44.1 Å². The van der Waals surface area contributed by atoms with Crippen molar-refractivity contribution in [3.63, 3.8) is 0 Å². The van der Waals surface area contributed by atoms with E-state index in [1.54, 1.807) is 0 Å². The molecule has 32 heavy (non-hydrogen) atoms. The Labute approximate surface area is 206 Å². The lowest BCUT2D eigenvalue weighted by atomic mass is 9.49. The van der Waals surface area contributed by atoms with Crippen LogP contribution in [0.2, 0.25) is 18.1 Å². The molecule has 0 saturated heterocycles. The Hall–Kier alpha value is -0.163. The van der Waals surface area contributed by atoms with Crippen molar-refractivity contribution in [1.82, 2.24) is 0 Å². The molecule has 0 aromatic carbocycles. The highest BCUT2D eigenvalue weighted by atomic mass is 35.5. The van der Waals surface area contributed by atoms with Gasteiger partial charge >= 0.3 is 0 Å². The van der Waals surface area contributed by atoms with Crippen LogP contribution in [0.5, 0.6) is 0 Å². The van der Waals surface area contributed by atoms with Gasteiger partial charge in [0, 0.05) is 17.9 Å². The maximum atomic E-state index is 12.5. The summed E-state index contributed by atoms with van der Waals surface area (Å²) in [5.41, 5.74) is 0.857. The summed E-state index contributed by atoms with van der Waals surface area (Å²) in [7, 11) is -1.89. The maximum Gasteiger partial charge on any atom is 0.192 e. The Kier molecular flexibility index (Phi) is 7.54. The third kappa shape index (κ3) is 4.43. The molecule has 3 nitrogen and oxygen atoms in total. The van der Waals surface area contributed by atoms with Gasteiger partial charge in [0.2, 0.25) is 0 Å². The second-order valence-electron chi connectivity index (χ2n) is 12.7. The molecule has 0 radical (unpaired) electrons. The zero-order chi connectivity index (χ0) is 24.1. The Morgan fingerprint density at radius 2 is 1.69 bits per heavy atom. The minimum Gasteiger partial charge on any atom is -0.414 e. The molecule has 0 amide bonds. The second kappa shape index (κ2) is 9.13. The van der Waals surface area contributed by atoms with Crippen molar-refractivity contribution in [2.45, 2.75) is 104 Å². The van der Waals surface area contributed by atoms with Gasteiger partial charge in [0.1, 0.15) is 17.1 Å². The molecule has 6 heteroatoms. The topological polar surface area (TPSA) is 43.4 Å². The van der Waals surface area contributed by atoms with E-state index in [0.717, 1.165) is 56.8 Å². The van der Waals surface area contributed by atoms with E-state index < -0.39 is 8.32 Å². The number of hydrogen-bond donors (Lipinski definition) is 0. The monoisotopic (exact) mass is 500 g/mol. The van der Waals surface area contributed by atoms with E-state index in [1.807, 2.05) is 0 Å². The molecule has 3 aliphatic carbocycles. The van der Waals surface area contributed by atoms with Crippen LogP contribution >= 0.6 is 23.2 Å². The fourth-order valence-corrected chi connectivity index (χ4v) is 9.00. The minimum absolute atomic E-state index is 0.0516. The summed E-state index contributed by atoms with van der Waals surface area (Å²) in [6, 6.07) is 0. The average molecular weight is 502 g/mol. The molecule has 0 aromatic rings. The van der Waals surface area contributed by atoms with E-state index in [1.165, 1.54) is 6.29 Å². The first kappa shape index (κ1) is 26.4. The zero-order valence-corrected chi connectivity index (χ0v) is 23.5. The molecular weight excluding hydrogens is 459 g/mol. The fraction of sp³-hybridized carbons (Fsp3) is 0.846. The largest absolute Gasteiger partial charge is 0.414 e. The molecule has 182 valence electrons. The number of rotatable bonds is 5. The van der Waals surface area contributed by atoms with E-state index in [4.69, 9.17) is 27.6 Å². The van der Waals surface area contributed by atoms with Crippen LogP contribution in [0.4, 0.5) is 0 Å². The third-order valence-corrected chi connectivity index (χ3v) is 15.1. The highest BCUT2D eigenvalue weighted by Crippen LogP contribution is 2.64. The fourth-order valence-electron chi connectivity index (χ4n) is 6.98. The van der Waals surface area contributed by atoms with Gasteiger partial charge in [-0.05, 0) is 91.3 Å². The second-order valence-corrected chi connectivity index (χ2v) is 18.4. The maximum absolute atomic E-state index is 12.5. The summed E-state index contributed by atoms with van der Waals surface area (Å²) in [5.74, 6) is 0.349. The lowest BCUT2D eigenvalue weighted by molar-refractivity contribution is -0.135. The van der Waals surface area contributed by atoms with E-state index in [9.17, 15) is 9.59 Å². The Bertz CT molecular complexity index is 770. The Morgan fingerprint density at radius 3 is 2.22 bits per heavy atom. The van der Waals surface area contributed by atoms with Gasteiger partial charge in [-0.1, -0.05) is 57.8 Å². The van der Waals surface area contributed by atoms with Crippen molar-refractivity contribution in [3.05, 3.63) is 10.1 Å². The first-order valence-corrected chi connectivity index (χ1v) is 16.0. The van der Waals surface area contributed by atoms with Crippen molar-refractivity contribution < 1.29 is 14.0 Å². The van der Waals surface area contributed by atoms with E-state index in [0.29, 0.717) is 4.49 Å². The lowest BCUT2D eigenvalue weighted by Gasteiger charge is -2.55. The summed E-state index contributed by atoms with van der Waals surface area (Å²) < 4.78 is 7.10. The number of allylic oxidation sites excluding steroid dienone is 1. The van der Waals surface area contributed by atoms with Gasteiger partial charge in [-0.3, -0.25) is 0 Å². The highest BCUT2D eigenvalue weighted by molar-refractivity contribution is 6.74. The molecule has 3 saturated carbocycles. The highest BCUT2D eigenvalue weighted by Gasteiger charge is 2.58. The van der Waals surface area contributed by atoms with Crippen molar-refractivity contribution in [1.29, 1.82) is 0 Å². The first-order valence-electron chi connectivity index (χ1n) is 12.3. The zero-order valence-electron chi connectivity index (χ0n) is 21.0. The minimum atomic E-state index is -1.89. The Morgan fingerprint density at radius 1 is 1.03 bits per heavy atom. The Balaban J connectivity index is 1.83. The normalized spacial score (nSPS) is 40.7. The van der Waals surface area contributed by atoms with Crippen LogP contribution < -0.4 is 0 Å². The summed E-state index contributed by atoms with van der Waals surface area (Å²) in [5, 5.41) is 0.151. The third-order valence-electron chi connectivity index (χ3n) is 10.1. The van der Waals surface area contributed by atoms with Crippen molar-refractivity contribution in [2.75, 3.05) is 0 Å². The predicted octanol–water partition coefficient (Wildman–Crippen LogP) is 7.71. The molecule has 7 atom stereocenters. The quantitative estimate of drug-likeness (QED) is 0.286. The molecule has 3 unspecified atom stereocenters. The van der Waals surface area contributed by atoms with Gasteiger partial charge in [-0.15, -0.1) is 0 Å². The van der Waals surface area contributed by atoms with Crippen LogP contribution in [0.1, 0.15) is 79.6 Å². The molecule has 0 aliphatic heterocycles. The molecule has 0 N–H and O–H groups in total. The van der Waals surface area contributed by atoms with Gasteiger partial charge in [0.15, 0.2) is 8.32 Å². The molecule has 3 rings (SSSR count). The smallest absolute Gasteiger partial charge is 0.192 e. The predicted molar refractivity (Wildman–Crippen MR) is 135 cm³/mol. The van der Waals surface area contributed by atoms with Crippen molar-refractivity contribution in [2.24, 2.45) is 34.5 Å². The van der Waals surface area contributed by atoms with Gasteiger partial charge in [0.05, 0.1) is 0 Å². The van der Waals surface area contributed by atoms with Crippen LogP contribution in [-0.2, 0) is 14.0 Å². The van der Waals surface area contributed by atoms with Gasteiger partial charge in [0.25, 0.3) is 0 Å². The first-order chi connectivity index (χ1) is 14.7. The molecule has 0 aromatic heterocycles. The van der Waals surface area contributed by atoms with Crippen LogP contribution in [0.25, 0.3) is 0 Å². The number of fused-ring (bicyclic) bond motifs is 1. The summed E-state index contributed by atoms with van der Waals surface area (Å²) in [6.45, 7) is 15.8. The number of aldehydes is 2. The number of halogens is 2. The van der Waals surface area contributed by atoms with E-state index >= 15 is 0 Å². The summed E-state index contributed by atoms with van der Waals surface area (Å²) in [6.07, 6.45) is 8.91. The average Bonchev–Trinajstić information content (AvgIpc) is 3.05. The van der Waals surface area contributed by atoms with Crippen LogP contribution in [0.15, 0.2) is 10.1 Å². The number of carbonyl (C=O) groups excluding carboxylic acids is 2.